The van der Waals surface area contributed by atoms with Crippen molar-refractivity contribution in [1.29, 1.82) is 2.61 Å². The van der Waals surface area contributed by atoms with Crippen molar-refractivity contribution in [2.24, 2.45) is 0 Å². The second-order valence-corrected chi connectivity index (χ2v) is 15.3. The number of carbonyl (C=O) groups is 2. The summed E-state index contributed by atoms with van der Waals surface area (Å²) in [5, 5.41) is 0. The smallest absolute Gasteiger partial charge is 0.306 e. The van der Waals surface area contributed by atoms with Crippen LogP contribution in [0.4, 0.5) is 0 Å². The highest BCUT2D eigenvalue weighted by Gasteiger charge is 2.18. The third kappa shape index (κ3) is 35.5. The van der Waals surface area contributed by atoms with Crippen molar-refractivity contribution in [3.63, 3.8) is 0 Å². The van der Waals surface area contributed by atoms with Gasteiger partial charge in [0.1, 0.15) is 26.3 Å². The summed E-state index contributed by atoms with van der Waals surface area (Å²) in [5.41, 5.74) is 0. The zero-order valence-electron chi connectivity index (χ0n) is 33.7. The van der Waals surface area contributed by atoms with Gasteiger partial charge in [0.25, 0.3) is 0 Å². The predicted molar refractivity (Wildman–Crippen MR) is 211 cm³/mol. The van der Waals surface area contributed by atoms with Crippen molar-refractivity contribution >= 4 is 38.7 Å². The molecule has 6 nitrogen and oxygen atoms in total. The zero-order chi connectivity index (χ0) is 36.8. The number of rotatable bonds is 40. The first kappa shape index (κ1) is 43.9. The monoisotopic (exact) mass is 719 g/mol. The van der Waals surface area contributed by atoms with E-state index in [1.165, 1.54) is 116 Å². The second kappa shape index (κ2) is 39.5. The van der Waals surface area contributed by atoms with Gasteiger partial charge in [0.2, 0.25) is 0 Å². The molecule has 0 amide bonds. The summed E-state index contributed by atoms with van der Waals surface area (Å²) in [6.45, 7) is 7.39. The summed E-state index contributed by atoms with van der Waals surface area (Å²) in [6, 6.07) is 0. The Hall–Kier alpha value is -0.295. The molecule has 0 rings (SSSR count). The van der Waals surface area contributed by atoms with Crippen LogP contribution in [0.15, 0.2) is 0 Å². The lowest BCUT2D eigenvalue weighted by molar-refractivity contribution is -0.156. The van der Waals surface area contributed by atoms with Gasteiger partial charge in [-0.1, -0.05) is 170 Å². The summed E-state index contributed by atoms with van der Waals surface area (Å²) in [4.78, 5) is 25.4. The van der Waals surface area contributed by atoms with E-state index in [0.29, 0.717) is 25.9 Å². The van der Waals surface area contributed by atoms with Crippen LogP contribution < -0.4 is 0 Å². The fraction of sp³-hybridized carbons (Fsp3) is 0.949. The molecule has 0 spiro atoms. The van der Waals surface area contributed by atoms with E-state index in [9.17, 15) is 9.59 Å². The van der Waals surface area contributed by atoms with Gasteiger partial charge in [-0.05, 0) is 27.0 Å². The number of hydrogen-bond donors (Lipinski definition) is 0. The quantitative estimate of drug-likeness (QED) is 0.0205. The molecule has 0 saturated heterocycles. The second-order valence-electron chi connectivity index (χ2n) is 13.6. The Morgan fingerprint density at radius 2 is 1.02 bits per heavy atom. The Kier molecular flexibility index (Phi) is 36.1. The molecule has 0 aromatic rings. The van der Waals surface area contributed by atoms with Gasteiger partial charge in [-0.3, -0.25) is 9.59 Å². The van der Waals surface area contributed by atoms with Gasteiger partial charge in [-0.25, -0.2) is 0 Å². The minimum Gasteiger partial charge on any atom is -0.462 e. The van der Waals surface area contributed by atoms with Gasteiger partial charge in [-0.15, -0.1) is 0 Å². The molecule has 0 aliphatic heterocycles. The number of ether oxygens (including phenoxy) is 3. The molecule has 0 bridgehead atoms. The van der Waals surface area contributed by atoms with E-state index in [4.69, 9.17) is 21.0 Å². The minimum atomic E-state index is -1.45. The number of carbonyl (C=O) groups excluding carboxylic acids is 2. The highest BCUT2D eigenvalue weighted by Crippen LogP contribution is 2.25. The maximum absolute atomic E-state index is 12.7. The van der Waals surface area contributed by atoms with Gasteiger partial charge >= 0.3 is 11.9 Å². The van der Waals surface area contributed by atoms with Crippen molar-refractivity contribution < 1.29 is 28.0 Å². The third-order valence-electron chi connectivity index (χ3n) is 8.93. The van der Waals surface area contributed by atoms with Crippen LogP contribution in [-0.2, 0) is 28.0 Å². The molecule has 1 unspecified atom stereocenters. The molecule has 0 aliphatic carbocycles. The van der Waals surface area contributed by atoms with Crippen molar-refractivity contribution in [2.75, 3.05) is 19.8 Å². The molecule has 0 saturated carbocycles. The van der Waals surface area contributed by atoms with E-state index >= 15 is 0 Å². The van der Waals surface area contributed by atoms with Crippen LogP contribution in [0.3, 0.4) is 0 Å². The Morgan fingerprint density at radius 1 is 0.604 bits per heavy atom. The Morgan fingerprint density at radius 3 is 1.48 bits per heavy atom. The van der Waals surface area contributed by atoms with Gasteiger partial charge in [0.05, 0.1) is 14.5 Å². The van der Waals surface area contributed by atoms with Crippen LogP contribution in [-0.4, -0.2) is 54.1 Å². The van der Waals surface area contributed by atoms with Crippen molar-refractivity contribution in [3.8, 4) is 0 Å². The zero-order valence-corrected chi connectivity index (χ0v) is 33.4. The highest BCUT2D eigenvalue weighted by molar-refractivity contribution is 8.53. The molecule has 0 N–H and O–H groups in total. The van der Waals surface area contributed by atoms with E-state index in [0.717, 1.165) is 70.6 Å². The lowest BCUT2D eigenvalue weighted by Crippen LogP contribution is -2.28. The molecular weight excluding hydrogens is 638 g/mol. The fourth-order valence-electron chi connectivity index (χ4n) is 5.92. The topological polar surface area (TPSA) is 71.1 Å². The highest BCUT2D eigenvalue weighted by atomic mass is 32.7. The van der Waals surface area contributed by atoms with Crippen LogP contribution in [0, 0.1) is 0 Å². The van der Waals surface area contributed by atoms with Crippen LogP contribution in [0.5, 0.6) is 0 Å². The standard InChI is InChI=1S/C39H77BO6PS/c1-4-7-10-13-15-17-18-20-22-25-28-31-39(42)46-37(35-44-48-47-40)34-43-33-32-36(29-26-23-12-9-6-3)45-38(41)30-27-24-21-19-16-14-11-8-5-2/h36-37,40,47H,4-35H2,1-3H3/t36-,37+,47?/m1/s1/i40T,47D. The summed E-state index contributed by atoms with van der Waals surface area (Å²) < 4.78 is 38.2. The van der Waals surface area contributed by atoms with Gasteiger partial charge < -0.3 is 18.4 Å². The van der Waals surface area contributed by atoms with Crippen molar-refractivity contribution in [1.82, 2.24) is 0 Å². The Bertz CT molecular complexity index is 745. The summed E-state index contributed by atoms with van der Waals surface area (Å²) >= 11 is 0.932. The molecule has 0 aromatic heterocycles. The van der Waals surface area contributed by atoms with Gasteiger partial charge in [0.15, 0.2) is 0 Å². The van der Waals surface area contributed by atoms with Crippen LogP contribution >= 0.6 is 19.3 Å². The first-order valence-electron chi connectivity index (χ1n) is 21.2. The number of unbranched alkanes of at least 4 members (excludes halogenated alkanes) is 22. The van der Waals surface area contributed by atoms with Crippen LogP contribution in [0.1, 0.15) is 207 Å². The average molecular weight is 719 g/mol. The molecule has 48 heavy (non-hydrogen) atoms. The van der Waals surface area contributed by atoms with E-state index in [1.807, 2.05) is 0 Å². The molecule has 0 aromatic carbocycles. The first-order chi connectivity index (χ1) is 24.5. The fourth-order valence-corrected chi connectivity index (χ4v) is 6.56. The van der Waals surface area contributed by atoms with E-state index in [-0.39, 0.29) is 31.3 Å². The lowest BCUT2D eigenvalue weighted by Gasteiger charge is -2.20. The Labute approximate surface area is 307 Å². The van der Waals surface area contributed by atoms with Gasteiger partial charge in [-0.2, -0.15) is 0 Å². The molecule has 283 valence electrons. The summed E-state index contributed by atoms with van der Waals surface area (Å²) in [5.74, 6) is -0.358. The van der Waals surface area contributed by atoms with E-state index < -0.39 is 13.7 Å². The molecule has 9 heteroatoms. The number of hydrogen-bond acceptors (Lipinski definition) is 7. The molecular formula is C39H77BO6PS. The first-order valence-corrected chi connectivity index (χ1v) is 22.5. The van der Waals surface area contributed by atoms with Gasteiger partial charge in [0, 0.05) is 30.9 Å². The van der Waals surface area contributed by atoms with Crippen LogP contribution in [0.2, 0.25) is 0 Å². The molecule has 0 fully saturated rings. The predicted octanol–water partition coefficient (Wildman–Crippen LogP) is 12.3. The number of esters is 2. The maximum atomic E-state index is 12.7. The minimum absolute atomic E-state index is 0.106. The SMILES string of the molecule is [2H]P([B][3H])SOC[C@H](COCC[C@@H](CCCCCCC)OC(=O)CCCCCCCCCCC)OC(=O)CCCCCCCCCCCCC. The molecule has 0 heterocycles. The molecule has 1 radical (unpaired) electrons. The van der Waals surface area contributed by atoms with Crippen molar-refractivity contribution in [3.05, 3.63) is 0 Å². The van der Waals surface area contributed by atoms with Crippen LogP contribution in [0.25, 0.3) is 0 Å². The normalized spacial score (nSPS) is 13.8. The summed E-state index contributed by atoms with van der Waals surface area (Å²) in [7, 11) is -0.392. The molecule has 3 atom stereocenters. The summed E-state index contributed by atoms with van der Waals surface area (Å²) in [6.07, 6.45) is 31.8. The largest absolute Gasteiger partial charge is 0.462 e. The molecule has 0 aliphatic rings. The van der Waals surface area contributed by atoms with E-state index in [1.54, 1.807) is 0 Å². The average Bonchev–Trinajstić information content (AvgIpc) is 3.11. The van der Waals surface area contributed by atoms with Crippen molar-refractivity contribution in [2.45, 2.75) is 219 Å². The van der Waals surface area contributed by atoms with E-state index in [2.05, 4.69) is 20.8 Å². The maximum Gasteiger partial charge on any atom is 0.306 e. The third-order valence-corrected chi connectivity index (χ3v) is 9.83. The lowest BCUT2D eigenvalue weighted by atomic mass is 10.1. The Balaban J connectivity index is 4.58.